The lowest BCUT2D eigenvalue weighted by Crippen LogP contribution is -2.24. The average molecular weight is 379 g/mol. The molecule has 0 aliphatic carbocycles. The molecule has 0 saturated heterocycles. The minimum Gasteiger partial charge on any atom is -0.544 e. The molecule has 26 heavy (non-hydrogen) atoms. The van der Waals surface area contributed by atoms with Gasteiger partial charge in [-0.3, -0.25) is 4.79 Å². The van der Waals surface area contributed by atoms with E-state index in [1.165, 1.54) is 21.3 Å². The number of rotatable bonds is 8. The molecule has 1 heterocycles. The van der Waals surface area contributed by atoms with E-state index in [4.69, 9.17) is 14.2 Å². The van der Waals surface area contributed by atoms with Crippen molar-refractivity contribution < 1.29 is 28.9 Å². The molecule has 9 heteroatoms. The van der Waals surface area contributed by atoms with Crippen LogP contribution in [0.3, 0.4) is 0 Å². The highest BCUT2D eigenvalue weighted by Gasteiger charge is 2.15. The van der Waals surface area contributed by atoms with Crippen LogP contribution in [0.25, 0.3) is 0 Å². The number of nitrogens with one attached hydrogen (secondary N) is 1. The van der Waals surface area contributed by atoms with Gasteiger partial charge in [-0.05, 0) is 24.6 Å². The van der Waals surface area contributed by atoms with E-state index in [0.29, 0.717) is 28.0 Å². The highest BCUT2D eigenvalue weighted by Crippen LogP contribution is 2.38. The number of methoxy groups -OCH3 is 3. The summed E-state index contributed by atoms with van der Waals surface area (Å²) in [5.74, 6) is -0.116. The number of aromatic nitrogens is 1. The lowest BCUT2D eigenvalue weighted by atomic mass is 10.1. The Morgan fingerprint density at radius 1 is 1.15 bits per heavy atom. The van der Waals surface area contributed by atoms with E-state index in [1.54, 1.807) is 19.1 Å². The van der Waals surface area contributed by atoms with Crippen LogP contribution < -0.4 is 24.6 Å². The first-order valence-corrected chi connectivity index (χ1v) is 8.44. The number of hydrogen-bond acceptors (Lipinski definition) is 8. The topological polar surface area (TPSA) is 110 Å². The second-order valence-corrected chi connectivity index (χ2v) is 6.38. The fraction of sp³-hybridized carbons (Fsp3) is 0.353. The predicted octanol–water partition coefficient (Wildman–Crippen LogP) is 0.700. The number of carboxylic acid groups (broad SMARTS) is 1. The zero-order chi connectivity index (χ0) is 19.3. The van der Waals surface area contributed by atoms with E-state index in [1.807, 2.05) is 0 Å². The second kappa shape index (κ2) is 8.52. The van der Waals surface area contributed by atoms with Crippen LogP contribution in [0.4, 0.5) is 0 Å². The molecular weight excluding hydrogens is 360 g/mol. The number of nitrogens with zero attached hydrogens (tertiary/aromatic N) is 1. The number of carbonyl (C=O) groups excluding carboxylic acids is 2. The maximum Gasteiger partial charge on any atom is 0.227 e. The molecule has 1 amide bonds. The number of carbonyl (C=O) groups is 2. The molecule has 0 fully saturated rings. The number of aryl methyl sites for hydroxylation is 1. The Kier molecular flexibility index (Phi) is 6.40. The van der Waals surface area contributed by atoms with Gasteiger partial charge in [0.05, 0.1) is 44.3 Å². The van der Waals surface area contributed by atoms with Gasteiger partial charge in [-0.1, -0.05) is 0 Å². The van der Waals surface area contributed by atoms with E-state index >= 15 is 0 Å². The van der Waals surface area contributed by atoms with Crippen LogP contribution in [-0.2, 0) is 17.8 Å². The Labute approximate surface area is 154 Å². The standard InChI is InChI=1S/C17H20N2O6S/c1-9-16(17(21)22)26-14(19-9)7-13(20)18-8-10-5-11(23-2)15(25-4)12(6-10)24-3/h5-6H,7-8H2,1-4H3,(H,18,20)(H,21,22)/p-1. The van der Waals surface area contributed by atoms with Crippen molar-refractivity contribution in [2.45, 2.75) is 19.9 Å². The fourth-order valence-electron chi connectivity index (χ4n) is 2.36. The molecule has 140 valence electrons. The van der Waals surface area contributed by atoms with E-state index in [2.05, 4.69) is 10.3 Å². The van der Waals surface area contributed by atoms with E-state index in [9.17, 15) is 14.7 Å². The normalized spacial score (nSPS) is 10.3. The van der Waals surface area contributed by atoms with Crippen molar-refractivity contribution in [3.05, 3.63) is 33.3 Å². The molecule has 1 aromatic carbocycles. The molecule has 0 unspecified atom stereocenters. The van der Waals surface area contributed by atoms with Crippen LogP contribution in [-0.4, -0.2) is 38.2 Å². The van der Waals surface area contributed by atoms with Crippen molar-refractivity contribution in [1.29, 1.82) is 0 Å². The van der Waals surface area contributed by atoms with Gasteiger partial charge in [0.2, 0.25) is 11.7 Å². The molecule has 0 atom stereocenters. The van der Waals surface area contributed by atoms with Gasteiger partial charge in [-0.2, -0.15) is 0 Å². The zero-order valence-electron chi connectivity index (χ0n) is 14.9. The number of thiazole rings is 1. The number of ether oxygens (including phenoxy) is 3. The highest BCUT2D eigenvalue weighted by atomic mass is 32.1. The van der Waals surface area contributed by atoms with Crippen molar-refractivity contribution >= 4 is 23.2 Å². The smallest absolute Gasteiger partial charge is 0.227 e. The molecule has 0 spiro atoms. The van der Waals surface area contributed by atoms with Gasteiger partial charge in [0.25, 0.3) is 0 Å². The fourth-order valence-corrected chi connectivity index (χ4v) is 3.25. The molecule has 8 nitrogen and oxygen atoms in total. The summed E-state index contributed by atoms with van der Waals surface area (Å²) in [6, 6.07) is 3.48. The first kappa shape index (κ1) is 19.5. The minimum atomic E-state index is -1.29. The van der Waals surface area contributed by atoms with Crippen molar-refractivity contribution in [2.24, 2.45) is 0 Å². The van der Waals surface area contributed by atoms with Gasteiger partial charge in [0.15, 0.2) is 11.5 Å². The van der Waals surface area contributed by atoms with Crippen LogP contribution in [0.5, 0.6) is 17.2 Å². The third kappa shape index (κ3) is 4.42. The van der Waals surface area contributed by atoms with Crippen molar-refractivity contribution in [2.75, 3.05) is 21.3 Å². The number of carboxylic acids is 1. The second-order valence-electron chi connectivity index (χ2n) is 5.30. The Hall–Kier alpha value is -2.81. The quantitative estimate of drug-likeness (QED) is 0.719. The average Bonchev–Trinajstić information content (AvgIpc) is 2.99. The van der Waals surface area contributed by atoms with Gasteiger partial charge < -0.3 is 29.4 Å². The third-order valence-corrected chi connectivity index (χ3v) is 4.69. The van der Waals surface area contributed by atoms with Crippen LogP contribution in [0.2, 0.25) is 0 Å². The van der Waals surface area contributed by atoms with Crippen LogP contribution in [0.1, 0.15) is 25.9 Å². The van der Waals surface area contributed by atoms with Crippen molar-refractivity contribution in [3.8, 4) is 17.2 Å². The molecule has 1 aromatic heterocycles. The molecule has 1 N–H and O–H groups in total. The van der Waals surface area contributed by atoms with Crippen LogP contribution >= 0.6 is 11.3 Å². The summed E-state index contributed by atoms with van der Waals surface area (Å²) in [5.41, 5.74) is 1.11. The van der Waals surface area contributed by atoms with Crippen molar-refractivity contribution in [1.82, 2.24) is 10.3 Å². The molecule has 0 radical (unpaired) electrons. The molecule has 0 aliphatic heterocycles. The molecule has 0 bridgehead atoms. The molecule has 2 rings (SSSR count). The number of benzene rings is 1. The van der Waals surface area contributed by atoms with Gasteiger partial charge in [0.1, 0.15) is 5.01 Å². The Balaban J connectivity index is 2.05. The molecule has 0 saturated carbocycles. The first-order valence-electron chi connectivity index (χ1n) is 7.62. The summed E-state index contributed by atoms with van der Waals surface area (Å²) in [6.45, 7) is 1.81. The molecule has 0 aliphatic rings. The lowest BCUT2D eigenvalue weighted by Gasteiger charge is -2.14. The highest BCUT2D eigenvalue weighted by molar-refractivity contribution is 7.13. The van der Waals surface area contributed by atoms with Crippen molar-refractivity contribution in [3.63, 3.8) is 0 Å². The Morgan fingerprint density at radius 2 is 1.77 bits per heavy atom. The minimum absolute atomic E-state index is 0.0107. The lowest BCUT2D eigenvalue weighted by molar-refractivity contribution is -0.254. The summed E-state index contributed by atoms with van der Waals surface area (Å²) >= 11 is 0.944. The Morgan fingerprint density at radius 3 is 2.23 bits per heavy atom. The monoisotopic (exact) mass is 379 g/mol. The number of aromatic carboxylic acids is 1. The maximum atomic E-state index is 12.1. The summed E-state index contributed by atoms with van der Waals surface area (Å²) in [7, 11) is 4.54. The Bertz CT molecular complexity index is 793. The third-order valence-electron chi connectivity index (χ3n) is 3.55. The van der Waals surface area contributed by atoms with Gasteiger partial charge in [0, 0.05) is 6.54 Å². The zero-order valence-corrected chi connectivity index (χ0v) is 15.7. The summed E-state index contributed by atoms with van der Waals surface area (Å²) in [6.07, 6.45) is -0.0107. The summed E-state index contributed by atoms with van der Waals surface area (Å²) in [5, 5.41) is 14.1. The SMILES string of the molecule is COc1cc(CNC(=O)Cc2nc(C)c(C(=O)[O-])s2)cc(OC)c1OC. The number of hydrogen-bond donors (Lipinski definition) is 1. The van der Waals surface area contributed by atoms with Crippen LogP contribution in [0.15, 0.2) is 12.1 Å². The van der Waals surface area contributed by atoms with Crippen LogP contribution in [0, 0.1) is 6.92 Å². The first-order chi connectivity index (χ1) is 12.4. The predicted molar refractivity (Wildman–Crippen MR) is 92.8 cm³/mol. The van der Waals surface area contributed by atoms with E-state index in [-0.39, 0.29) is 23.7 Å². The number of amides is 1. The van der Waals surface area contributed by atoms with Gasteiger partial charge in [-0.25, -0.2) is 4.98 Å². The van der Waals surface area contributed by atoms with E-state index < -0.39 is 5.97 Å². The molecule has 2 aromatic rings. The van der Waals surface area contributed by atoms with Gasteiger partial charge in [-0.15, -0.1) is 11.3 Å². The maximum absolute atomic E-state index is 12.1. The summed E-state index contributed by atoms with van der Waals surface area (Å²) < 4.78 is 15.8. The van der Waals surface area contributed by atoms with Gasteiger partial charge >= 0.3 is 0 Å². The van der Waals surface area contributed by atoms with E-state index in [0.717, 1.165) is 16.9 Å². The molecular formula is C17H19N2O6S-. The summed E-state index contributed by atoms with van der Waals surface area (Å²) in [4.78, 5) is 27.2. The largest absolute Gasteiger partial charge is 0.544 e.